The molecule has 0 amide bonds. The van der Waals surface area contributed by atoms with Crippen molar-refractivity contribution in [3.8, 4) is 11.3 Å². The number of aromatic nitrogens is 2. The Kier molecular flexibility index (Phi) is 2.82. The molecule has 5 nitrogen and oxygen atoms in total. The lowest BCUT2D eigenvalue weighted by molar-refractivity contribution is -0.136. The van der Waals surface area contributed by atoms with Gasteiger partial charge < -0.3 is 5.11 Å². The number of carboxylic acids is 1. The molecule has 0 atom stereocenters. The van der Waals surface area contributed by atoms with Crippen LogP contribution in [0.5, 0.6) is 0 Å². The van der Waals surface area contributed by atoms with Crippen LogP contribution in [0.1, 0.15) is 5.69 Å². The normalized spacial score (nSPS) is 10.5. The number of carbonyl (C=O) groups is 1. The van der Waals surface area contributed by atoms with Crippen molar-refractivity contribution in [2.45, 2.75) is 6.42 Å². The molecule has 1 N–H and O–H groups in total. The molecular formula is C10H6F2N2O3. The van der Waals surface area contributed by atoms with Gasteiger partial charge in [-0.15, -0.1) is 0 Å². The predicted molar refractivity (Wildman–Crippen MR) is 51.0 cm³/mol. The molecule has 7 heteroatoms. The Hall–Kier alpha value is -2.31. The number of nitrogens with zero attached hydrogens (tertiary/aromatic N) is 2. The van der Waals surface area contributed by atoms with Gasteiger partial charge in [0.05, 0.1) is 6.42 Å². The van der Waals surface area contributed by atoms with Gasteiger partial charge in [0.1, 0.15) is 23.0 Å². The summed E-state index contributed by atoms with van der Waals surface area (Å²) < 4.78 is 30.5. The van der Waals surface area contributed by atoms with E-state index < -0.39 is 24.0 Å². The Morgan fingerprint density at radius 3 is 2.76 bits per heavy atom. The van der Waals surface area contributed by atoms with E-state index in [-0.39, 0.29) is 17.0 Å². The van der Waals surface area contributed by atoms with E-state index in [1.54, 1.807) is 0 Å². The minimum Gasteiger partial charge on any atom is -0.481 e. The van der Waals surface area contributed by atoms with Crippen LogP contribution in [0.3, 0.4) is 0 Å². The number of aliphatic carboxylic acids is 1. The van der Waals surface area contributed by atoms with Gasteiger partial charge in [0, 0.05) is 11.6 Å². The second kappa shape index (κ2) is 4.28. The molecule has 1 aromatic carbocycles. The van der Waals surface area contributed by atoms with E-state index in [1.165, 1.54) is 0 Å². The van der Waals surface area contributed by atoms with Crippen LogP contribution in [0.25, 0.3) is 11.3 Å². The van der Waals surface area contributed by atoms with Gasteiger partial charge in [-0.1, -0.05) is 5.16 Å². The van der Waals surface area contributed by atoms with Gasteiger partial charge in [-0.2, -0.15) is 0 Å². The number of rotatable bonds is 3. The highest BCUT2D eigenvalue weighted by atomic mass is 19.1. The van der Waals surface area contributed by atoms with Crippen molar-refractivity contribution < 1.29 is 23.3 Å². The molecule has 88 valence electrons. The number of hydrogen-bond donors (Lipinski definition) is 1. The van der Waals surface area contributed by atoms with Gasteiger partial charge in [0.25, 0.3) is 0 Å². The van der Waals surface area contributed by atoms with Crippen LogP contribution in [-0.4, -0.2) is 21.4 Å². The van der Waals surface area contributed by atoms with Crippen LogP contribution in [0.4, 0.5) is 8.78 Å². The first kappa shape index (κ1) is 11.2. The van der Waals surface area contributed by atoms with E-state index in [4.69, 9.17) is 5.11 Å². The van der Waals surface area contributed by atoms with Gasteiger partial charge in [-0.05, 0) is 17.3 Å². The van der Waals surface area contributed by atoms with Crippen LogP contribution in [-0.2, 0) is 11.2 Å². The third kappa shape index (κ3) is 2.27. The topological polar surface area (TPSA) is 76.2 Å². The van der Waals surface area contributed by atoms with Crippen LogP contribution < -0.4 is 0 Å². The summed E-state index contributed by atoms with van der Waals surface area (Å²) in [6, 6.07) is 2.86. The Morgan fingerprint density at radius 1 is 1.35 bits per heavy atom. The summed E-state index contributed by atoms with van der Waals surface area (Å²) >= 11 is 0. The molecule has 17 heavy (non-hydrogen) atoms. The van der Waals surface area contributed by atoms with Gasteiger partial charge in [0.15, 0.2) is 0 Å². The summed E-state index contributed by atoms with van der Waals surface area (Å²) in [5, 5.41) is 15.4. The van der Waals surface area contributed by atoms with Gasteiger partial charge >= 0.3 is 5.97 Å². The van der Waals surface area contributed by atoms with E-state index in [0.717, 1.165) is 12.1 Å². The molecule has 0 aliphatic heterocycles. The van der Waals surface area contributed by atoms with Crippen molar-refractivity contribution in [3.05, 3.63) is 35.5 Å². The first-order chi connectivity index (χ1) is 8.08. The molecule has 2 rings (SSSR count). The average Bonchev–Trinajstić information content (AvgIpc) is 2.65. The zero-order valence-electron chi connectivity index (χ0n) is 8.35. The first-order valence-electron chi connectivity index (χ1n) is 4.56. The third-order valence-electron chi connectivity index (χ3n) is 2.06. The van der Waals surface area contributed by atoms with Crippen LogP contribution in [0.15, 0.2) is 22.8 Å². The lowest BCUT2D eigenvalue weighted by atomic mass is 10.1. The van der Waals surface area contributed by atoms with Gasteiger partial charge in [-0.25, -0.2) is 13.4 Å². The number of hydrogen-bond acceptors (Lipinski definition) is 4. The van der Waals surface area contributed by atoms with E-state index in [2.05, 4.69) is 14.9 Å². The Balaban J connectivity index is 2.46. The maximum atomic E-state index is 13.4. The van der Waals surface area contributed by atoms with Crippen molar-refractivity contribution in [3.63, 3.8) is 0 Å². The highest BCUT2D eigenvalue weighted by molar-refractivity contribution is 5.73. The van der Waals surface area contributed by atoms with E-state index in [0.29, 0.717) is 6.07 Å². The van der Waals surface area contributed by atoms with Crippen molar-refractivity contribution >= 4 is 5.97 Å². The second-order valence-corrected chi connectivity index (χ2v) is 3.25. The fraction of sp³-hybridized carbons (Fsp3) is 0.100. The molecule has 0 unspecified atom stereocenters. The number of halogens is 2. The number of benzene rings is 1. The van der Waals surface area contributed by atoms with Crippen molar-refractivity contribution in [2.75, 3.05) is 0 Å². The summed E-state index contributed by atoms with van der Waals surface area (Å²) in [7, 11) is 0. The lowest BCUT2D eigenvalue weighted by Crippen LogP contribution is -2.02. The summed E-state index contributed by atoms with van der Waals surface area (Å²) in [4.78, 5) is 10.5. The molecule has 0 aliphatic carbocycles. The SMILES string of the molecule is O=C(O)Cc1nonc1-c1ccc(F)cc1F. The molecule has 0 spiro atoms. The molecule has 0 saturated heterocycles. The average molecular weight is 240 g/mol. The molecule has 1 aromatic heterocycles. The molecule has 0 radical (unpaired) electrons. The highest BCUT2D eigenvalue weighted by Gasteiger charge is 2.18. The second-order valence-electron chi connectivity index (χ2n) is 3.25. The lowest BCUT2D eigenvalue weighted by Gasteiger charge is -1.99. The van der Waals surface area contributed by atoms with Crippen LogP contribution in [0.2, 0.25) is 0 Å². The molecule has 0 bridgehead atoms. The van der Waals surface area contributed by atoms with Crippen molar-refractivity contribution in [1.82, 2.24) is 10.3 Å². The molecule has 0 aliphatic rings. The quantitative estimate of drug-likeness (QED) is 0.882. The maximum absolute atomic E-state index is 13.4. The van der Waals surface area contributed by atoms with Crippen molar-refractivity contribution in [2.24, 2.45) is 0 Å². The summed E-state index contributed by atoms with van der Waals surface area (Å²) in [6.07, 6.45) is -0.449. The van der Waals surface area contributed by atoms with E-state index in [9.17, 15) is 13.6 Å². The van der Waals surface area contributed by atoms with Crippen LogP contribution in [0, 0.1) is 11.6 Å². The van der Waals surface area contributed by atoms with Gasteiger partial charge in [0.2, 0.25) is 0 Å². The van der Waals surface area contributed by atoms with E-state index >= 15 is 0 Å². The zero-order valence-corrected chi connectivity index (χ0v) is 8.35. The predicted octanol–water partition coefficient (Wildman–Crippen LogP) is 1.64. The summed E-state index contributed by atoms with van der Waals surface area (Å²) in [6.45, 7) is 0. The molecule has 1 heterocycles. The molecule has 2 aromatic rings. The van der Waals surface area contributed by atoms with Gasteiger partial charge in [-0.3, -0.25) is 4.79 Å². The first-order valence-corrected chi connectivity index (χ1v) is 4.56. The fourth-order valence-corrected chi connectivity index (χ4v) is 1.35. The fourth-order valence-electron chi connectivity index (χ4n) is 1.35. The standard InChI is InChI=1S/C10H6F2N2O3/c11-5-1-2-6(7(12)3-5)10-8(4-9(15)16)13-17-14-10/h1-3H,4H2,(H,15,16). The Morgan fingerprint density at radius 2 is 2.12 bits per heavy atom. The number of carboxylic acid groups (broad SMARTS) is 1. The van der Waals surface area contributed by atoms with E-state index in [1.807, 2.05) is 0 Å². The minimum absolute atomic E-state index is 0.0111. The zero-order chi connectivity index (χ0) is 12.4. The maximum Gasteiger partial charge on any atom is 0.309 e. The van der Waals surface area contributed by atoms with Crippen LogP contribution >= 0.6 is 0 Å². The highest BCUT2D eigenvalue weighted by Crippen LogP contribution is 2.24. The summed E-state index contributed by atoms with van der Waals surface area (Å²) in [5.41, 5.74) is -0.100. The molecule has 0 fully saturated rings. The monoisotopic (exact) mass is 240 g/mol. The molecule has 0 saturated carbocycles. The minimum atomic E-state index is -1.15. The molecular weight excluding hydrogens is 234 g/mol. The van der Waals surface area contributed by atoms with Crippen molar-refractivity contribution in [1.29, 1.82) is 0 Å². The Labute approximate surface area is 93.6 Å². The largest absolute Gasteiger partial charge is 0.481 e. The Bertz CT molecular complexity index is 568. The summed E-state index contributed by atoms with van der Waals surface area (Å²) in [5.74, 6) is -2.74. The third-order valence-corrected chi connectivity index (χ3v) is 2.06. The smallest absolute Gasteiger partial charge is 0.309 e.